The fourth-order valence-corrected chi connectivity index (χ4v) is 3.21. The summed E-state index contributed by atoms with van der Waals surface area (Å²) in [5, 5.41) is 2.69. The minimum absolute atomic E-state index is 0.0129. The Hall–Kier alpha value is -3.20. The molecule has 0 aliphatic carbocycles. The highest BCUT2D eigenvalue weighted by molar-refractivity contribution is 5.94. The molecule has 1 atom stereocenters. The Kier molecular flexibility index (Phi) is 7.06. The highest BCUT2D eigenvalue weighted by Crippen LogP contribution is 2.19. The number of ether oxygens (including phenoxy) is 1. The summed E-state index contributed by atoms with van der Waals surface area (Å²) in [7, 11) is 0. The third kappa shape index (κ3) is 6.39. The molecule has 3 N–H and O–H groups in total. The Morgan fingerprint density at radius 3 is 2.23 bits per heavy atom. The maximum absolute atomic E-state index is 12.4. The number of carbonyl (C=O) groups excluding carboxylic acids is 2. The summed E-state index contributed by atoms with van der Waals surface area (Å²) < 4.78 is 5.22. The van der Waals surface area contributed by atoms with Crippen molar-refractivity contribution in [3.63, 3.8) is 0 Å². The third-order valence-electron chi connectivity index (χ3n) is 4.80. The molecule has 166 valence electrons. The zero-order valence-electron chi connectivity index (χ0n) is 18.2. The summed E-state index contributed by atoms with van der Waals surface area (Å²) in [5.74, 6) is -0.0708. The number of esters is 1. The molecule has 31 heavy (non-hydrogen) atoms. The predicted octanol–water partition coefficient (Wildman–Crippen LogP) is 1.20. The van der Waals surface area contributed by atoms with Gasteiger partial charge in [0.1, 0.15) is 11.6 Å². The molecule has 0 spiro atoms. The van der Waals surface area contributed by atoms with E-state index in [1.165, 1.54) is 0 Å². The maximum Gasteiger partial charge on any atom is 0.325 e. The largest absolute Gasteiger partial charge is 0.459 e. The van der Waals surface area contributed by atoms with Gasteiger partial charge in [0.15, 0.2) is 0 Å². The van der Waals surface area contributed by atoms with Crippen molar-refractivity contribution in [2.75, 3.05) is 42.5 Å². The fraction of sp³-hybridized carbons (Fsp3) is 0.455. The molecule has 1 fully saturated rings. The number of nitrogens with two attached hydrogens (primary N) is 1. The van der Waals surface area contributed by atoms with Gasteiger partial charge in [-0.2, -0.15) is 0 Å². The lowest BCUT2D eigenvalue weighted by molar-refractivity contribution is -0.156. The molecular formula is C22H30N6O3. The molecule has 0 radical (unpaired) electrons. The van der Waals surface area contributed by atoms with Crippen LogP contribution in [0.1, 0.15) is 31.1 Å². The van der Waals surface area contributed by atoms with Gasteiger partial charge in [-0.3, -0.25) is 9.59 Å². The van der Waals surface area contributed by atoms with Gasteiger partial charge in [0.25, 0.3) is 5.91 Å². The monoisotopic (exact) mass is 426 g/mol. The van der Waals surface area contributed by atoms with E-state index >= 15 is 0 Å². The molecule has 0 unspecified atom stereocenters. The first-order valence-electron chi connectivity index (χ1n) is 10.4. The number of hydrogen-bond donors (Lipinski definition) is 2. The lowest BCUT2D eigenvalue weighted by Crippen LogP contribution is -2.47. The van der Waals surface area contributed by atoms with Gasteiger partial charge in [-0.1, -0.05) is 0 Å². The Balaban J connectivity index is 1.49. The first-order chi connectivity index (χ1) is 14.7. The van der Waals surface area contributed by atoms with Crippen molar-refractivity contribution in [2.24, 2.45) is 5.73 Å². The van der Waals surface area contributed by atoms with Crippen LogP contribution < -0.4 is 20.9 Å². The number of benzene rings is 1. The minimum atomic E-state index is -0.910. The SMILES string of the molecule is CC(C)(C)OC(=O)[C@@H](N)CNC(=O)c1ccc(N2CCN(c3ncccn3)CC2)cc1. The van der Waals surface area contributed by atoms with Gasteiger partial charge in [0.05, 0.1) is 0 Å². The van der Waals surface area contributed by atoms with Crippen molar-refractivity contribution in [1.82, 2.24) is 15.3 Å². The lowest BCUT2D eigenvalue weighted by atomic mass is 10.1. The summed E-state index contributed by atoms with van der Waals surface area (Å²) in [4.78, 5) is 37.3. The van der Waals surface area contributed by atoms with Crippen LogP contribution in [0.4, 0.5) is 11.6 Å². The van der Waals surface area contributed by atoms with Crippen LogP contribution in [0.5, 0.6) is 0 Å². The van der Waals surface area contributed by atoms with Crippen molar-refractivity contribution >= 4 is 23.5 Å². The molecule has 1 aliphatic rings. The Morgan fingerprint density at radius 1 is 1.06 bits per heavy atom. The van der Waals surface area contributed by atoms with E-state index in [2.05, 4.69) is 25.1 Å². The number of aromatic nitrogens is 2. The third-order valence-corrected chi connectivity index (χ3v) is 4.80. The second-order valence-corrected chi connectivity index (χ2v) is 8.42. The summed E-state index contributed by atoms with van der Waals surface area (Å²) in [6.07, 6.45) is 3.50. The Bertz CT molecular complexity index is 874. The van der Waals surface area contributed by atoms with Crippen LogP contribution in [0, 0.1) is 0 Å². The van der Waals surface area contributed by atoms with Gasteiger partial charge >= 0.3 is 5.97 Å². The van der Waals surface area contributed by atoms with E-state index in [-0.39, 0.29) is 12.5 Å². The molecule has 3 rings (SSSR count). The van der Waals surface area contributed by atoms with Gasteiger partial charge in [-0.25, -0.2) is 9.97 Å². The lowest BCUT2D eigenvalue weighted by Gasteiger charge is -2.36. The van der Waals surface area contributed by atoms with Crippen molar-refractivity contribution in [1.29, 1.82) is 0 Å². The molecule has 9 nitrogen and oxygen atoms in total. The molecule has 0 bridgehead atoms. The second-order valence-electron chi connectivity index (χ2n) is 8.42. The number of nitrogens with zero attached hydrogens (tertiary/aromatic N) is 4. The molecule has 2 aromatic rings. The molecular weight excluding hydrogens is 396 g/mol. The predicted molar refractivity (Wildman–Crippen MR) is 119 cm³/mol. The zero-order valence-corrected chi connectivity index (χ0v) is 18.2. The average Bonchev–Trinajstić information content (AvgIpc) is 2.77. The van der Waals surface area contributed by atoms with Gasteiger partial charge in [0, 0.05) is 56.4 Å². The molecule has 9 heteroatoms. The normalized spacial score (nSPS) is 15.4. The van der Waals surface area contributed by atoms with E-state index in [0.29, 0.717) is 5.56 Å². The highest BCUT2D eigenvalue weighted by atomic mass is 16.6. The van der Waals surface area contributed by atoms with Crippen LogP contribution in [0.25, 0.3) is 0 Å². The smallest absolute Gasteiger partial charge is 0.325 e. The van der Waals surface area contributed by atoms with E-state index in [1.807, 2.05) is 18.2 Å². The molecule has 1 saturated heterocycles. The Morgan fingerprint density at radius 2 is 1.65 bits per heavy atom. The molecule has 1 aromatic heterocycles. The molecule has 2 heterocycles. The second kappa shape index (κ2) is 9.74. The molecule has 0 saturated carbocycles. The fourth-order valence-electron chi connectivity index (χ4n) is 3.21. The van der Waals surface area contributed by atoms with Crippen molar-refractivity contribution in [2.45, 2.75) is 32.4 Å². The first kappa shape index (κ1) is 22.5. The number of amides is 1. The summed E-state index contributed by atoms with van der Waals surface area (Å²) in [6, 6.07) is 8.30. The van der Waals surface area contributed by atoms with Crippen LogP contribution in [0.15, 0.2) is 42.7 Å². The van der Waals surface area contributed by atoms with E-state index in [9.17, 15) is 9.59 Å². The molecule has 1 aliphatic heterocycles. The van der Waals surface area contributed by atoms with Gasteiger partial charge in [0.2, 0.25) is 5.95 Å². The van der Waals surface area contributed by atoms with Crippen molar-refractivity contribution in [3.05, 3.63) is 48.3 Å². The number of carbonyl (C=O) groups is 2. The minimum Gasteiger partial charge on any atom is -0.459 e. The number of nitrogens with one attached hydrogen (secondary N) is 1. The van der Waals surface area contributed by atoms with Crippen molar-refractivity contribution in [3.8, 4) is 0 Å². The van der Waals surface area contributed by atoms with Crippen LogP contribution in [-0.4, -0.2) is 66.2 Å². The summed E-state index contributed by atoms with van der Waals surface area (Å²) >= 11 is 0. The number of rotatable bonds is 6. The summed E-state index contributed by atoms with van der Waals surface area (Å²) in [6.45, 7) is 8.67. The van der Waals surface area contributed by atoms with Gasteiger partial charge < -0.3 is 25.6 Å². The van der Waals surface area contributed by atoms with Gasteiger partial charge in [-0.05, 0) is 51.1 Å². The standard InChI is InChI=1S/C22H30N6O3/c1-22(2,3)31-20(30)18(23)15-26-19(29)16-5-7-17(8-6-16)27-11-13-28(14-12-27)21-24-9-4-10-25-21/h4-10,18H,11-15,23H2,1-3H3,(H,26,29)/t18-/m0/s1. The zero-order chi connectivity index (χ0) is 22.4. The van der Waals surface area contributed by atoms with Crippen LogP contribution in [0.2, 0.25) is 0 Å². The maximum atomic E-state index is 12.4. The van der Waals surface area contributed by atoms with E-state index < -0.39 is 17.6 Å². The van der Waals surface area contributed by atoms with Gasteiger partial charge in [-0.15, -0.1) is 0 Å². The first-order valence-corrected chi connectivity index (χ1v) is 10.4. The van der Waals surface area contributed by atoms with E-state index in [1.54, 1.807) is 45.3 Å². The number of piperazine rings is 1. The average molecular weight is 427 g/mol. The number of anilines is 2. The van der Waals surface area contributed by atoms with Crippen LogP contribution in [0.3, 0.4) is 0 Å². The topological polar surface area (TPSA) is 114 Å². The van der Waals surface area contributed by atoms with Crippen LogP contribution >= 0.6 is 0 Å². The quantitative estimate of drug-likeness (QED) is 0.663. The van der Waals surface area contributed by atoms with Crippen LogP contribution in [-0.2, 0) is 9.53 Å². The highest BCUT2D eigenvalue weighted by Gasteiger charge is 2.23. The van der Waals surface area contributed by atoms with E-state index in [0.717, 1.165) is 37.8 Å². The Labute approximate surface area is 182 Å². The molecule has 1 amide bonds. The summed E-state index contributed by atoms with van der Waals surface area (Å²) in [5.41, 5.74) is 6.76. The van der Waals surface area contributed by atoms with E-state index in [4.69, 9.17) is 10.5 Å². The van der Waals surface area contributed by atoms with Crippen molar-refractivity contribution < 1.29 is 14.3 Å². The number of hydrogen-bond acceptors (Lipinski definition) is 8. The molecule has 1 aromatic carbocycles.